The number of benzene rings is 2. The Morgan fingerprint density at radius 1 is 1.03 bits per heavy atom. The number of aryl methyl sites for hydroxylation is 1. The number of ether oxygens (including phenoxy) is 1. The van der Waals surface area contributed by atoms with E-state index in [-0.39, 0.29) is 23.3 Å². The highest BCUT2D eigenvalue weighted by atomic mass is 32.2. The molecule has 2 saturated heterocycles. The van der Waals surface area contributed by atoms with Crippen LogP contribution in [-0.2, 0) is 24.3 Å². The van der Waals surface area contributed by atoms with E-state index in [1.807, 2.05) is 13.0 Å². The molecule has 4 atom stereocenters. The normalized spacial score (nSPS) is 29.6. The van der Waals surface area contributed by atoms with Crippen molar-refractivity contribution in [3.63, 3.8) is 0 Å². The van der Waals surface area contributed by atoms with Gasteiger partial charge in [0.2, 0.25) is 21.8 Å². The molecule has 3 heterocycles. The summed E-state index contributed by atoms with van der Waals surface area (Å²) in [5.41, 5.74) is 0.285. The van der Waals surface area contributed by atoms with Crippen LogP contribution in [0, 0.1) is 18.8 Å². The Bertz CT molecular complexity index is 1160. The Balaban J connectivity index is 1.43. The molecule has 0 radical (unpaired) electrons. The van der Waals surface area contributed by atoms with Crippen molar-refractivity contribution in [2.45, 2.75) is 23.5 Å². The molecule has 3 aliphatic heterocycles. The first-order chi connectivity index (χ1) is 14.3. The monoisotopic (exact) mass is 424 g/mol. The minimum Gasteiger partial charge on any atom is -0.361 e. The number of hydrogen-bond donors (Lipinski definition) is 1. The Hall–Kier alpha value is -2.81. The molecule has 0 aliphatic carbocycles. The van der Waals surface area contributed by atoms with Crippen LogP contribution in [0.25, 0.3) is 0 Å². The van der Waals surface area contributed by atoms with E-state index in [9.17, 15) is 18.0 Å². The summed E-state index contributed by atoms with van der Waals surface area (Å²) >= 11 is 0. The highest BCUT2D eigenvalue weighted by Crippen LogP contribution is 2.52. The van der Waals surface area contributed by atoms with E-state index in [1.54, 1.807) is 48.6 Å². The van der Waals surface area contributed by atoms with Gasteiger partial charge in [0.15, 0.2) is 0 Å². The van der Waals surface area contributed by atoms with Crippen LogP contribution < -0.4 is 9.62 Å². The number of hydrogen-bond acceptors (Lipinski definition) is 5. The van der Waals surface area contributed by atoms with E-state index in [0.717, 1.165) is 5.56 Å². The highest BCUT2D eigenvalue weighted by molar-refractivity contribution is 7.89. The Labute approximate surface area is 174 Å². The van der Waals surface area contributed by atoms with Gasteiger partial charge >= 0.3 is 0 Å². The van der Waals surface area contributed by atoms with Crippen molar-refractivity contribution < 1.29 is 22.7 Å². The topological polar surface area (TPSA) is 92.8 Å². The summed E-state index contributed by atoms with van der Waals surface area (Å²) in [4.78, 5) is 27.6. The van der Waals surface area contributed by atoms with Crippen LogP contribution in [0.2, 0.25) is 0 Å². The number of carbonyl (C=O) groups is 2. The average molecular weight is 424 g/mol. The lowest BCUT2D eigenvalue weighted by Crippen LogP contribution is -2.48. The SMILES string of the molecule is Cc1ccc(S(=O)(=O)NC[C@@]23C=C[C@@H](O2)[C@@H]2C(=O)N(c4ccccc4)C(=O)[C@@H]23)cc1. The molecule has 0 unspecified atom stereocenters. The van der Waals surface area contributed by atoms with E-state index >= 15 is 0 Å². The van der Waals surface area contributed by atoms with Crippen molar-refractivity contribution in [1.29, 1.82) is 0 Å². The minimum absolute atomic E-state index is 0.126. The van der Waals surface area contributed by atoms with Crippen LogP contribution >= 0.6 is 0 Å². The molecule has 0 saturated carbocycles. The van der Waals surface area contributed by atoms with Gasteiger partial charge in [-0.2, -0.15) is 0 Å². The summed E-state index contributed by atoms with van der Waals surface area (Å²) in [6.45, 7) is 1.75. The van der Waals surface area contributed by atoms with Crippen LogP contribution in [0.3, 0.4) is 0 Å². The molecule has 3 aliphatic rings. The molecule has 30 heavy (non-hydrogen) atoms. The Kier molecular flexibility index (Phi) is 4.22. The summed E-state index contributed by atoms with van der Waals surface area (Å²) in [7, 11) is -3.79. The second-order valence-electron chi connectivity index (χ2n) is 7.89. The van der Waals surface area contributed by atoms with Gasteiger partial charge in [-0.05, 0) is 31.2 Å². The molecule has 7 nitrogen and oxygen atoms in total. The van der Waals surface area contributed by atoms with Crippen molar-refractivity contribution in [3.05, 3.63) is 72.3 Å². The maximum atomic E-state index is 13.2. The number of sulfonamides is 1. The number of nitrogens with zero attached hydrogens (tertiary/aromatic N) is 1. The van der Waals surface area contributed by atoms with Gasteiger partial charge in [-0.1, -0.05) is 48.0 Å². The van der Waals surface area contributed by atoms with Crippen LogP contribution in [0.1, 0.15) is 5.56 Å². The van der Waals surface area contributed by atoms with Crippen molar-refractivity contribution >= 4 is 27.5 Å². The predicted molar refractivity (Wildman–Crippen MR) is 109 cm³/mol. The first kappa shape index (κ1) is 19.2. The zero-order valence-corrected chi connectivity index (χ0v) is 17.0. The van der Waals surface area contributed by atoms with Crippen LogP contribution in [0.5, 0.6) is 0 Å². The largest absolute Gasteiger partial charge is 0.361 e. The van der Waals surface area contributed by atoms with E-state index < -0.39 is 33.6 Å². The third kappa shape index (κ3) is 2.75. The number of para-hydroxylation sites is 1. The lowest BCUT2D eigenvalue weighted by Gasteiger charge is -2.29. The van der Waals surface area contributed by atoms with Crippen LogP contribution in [-0.4, -0.2) is 38.5 Å². The predicted octanol–water partition coefficient (Wildman–Crippen LogP) is 1.79. The van der Waals surface area contributed by atoms with Gasteiger partial charge in [0.25, 0.3) is 0 Å². The van der Waals surface area contributed by atoms with Gasteiger partial charge in [0.1, 0.15) is 5.60 Å². The fraction of sp³-hybridized carbons (Fsp3) is 0.273. The van der Waals surface area contributed by atoms with Gasteiger partial charge in [-0.3, -0.25) is 9.59 Å². The minimum atomic E-state index is -3.79. The van der Waals surface area contributed by atoms with E-state index in [4.69, 9.17) is 4.74 Å². The van der Waals surface area contributed by atoms with Crippen molar-refractivity contribution in [1.82, 2.24) is 4.72 Å². The van der Waals surface area contributed by atoms with E-state index in [0.29, 0.717) is 5.69 Å². The Morgan fingerprint density at radius 2 is 1.73 bits per heavy atom. The summed E-state index contributed by atoms with van der Waals surface area (Å²) in [5.74, 6) is -2.08. The maximum absolute atomic E-state index is 13.2. The summed E-state index contributed by atoms with van der Waals surface area (Å²) in [6, 6.07) is 15.3. The first-order valence-electron chi connectivity index (χ1n) is 9.69. The third-order valence-corrected chi connectivity index (χ3v) is 7.46. The molecule has 0 aromatic heterocycles. The molecule has 0 spiro atoms. The number of rotatable bonds is 5. The van der Waals surface area contributed by atoms with Crippen molar-refractivity contribution in [2.75, 3.05) is 11.4 Å². The quantitative estimate of drug-likeness (QED) is 0.584. The summed E-state index contributed by atoms with van der Waals surface area (Å²) in [6.07, 6.45) is 2.93. The molecule has 2 aromatic carbocycles. The van der Waals surface area contributed by atoms with Gasteiger partial charge in [0.05, 0.1) is 28.5 Å². The average Bonchev–Trinajstić information content (AvgIpc) is 3.38. The van der Waals surface area contributed by atoms with E-state index in [1.165, 1.54) is 17.0 Å². The zero-order chi connectivity index (χ0) is 21.1. The lowest BCUT2D eigenvalue weighted by atomic mass is 9.77. The highest BCUT2D eigenvalue weighted by Gasteiger charge is 2.67. The number of fused-ring (bicyclic) bond motifs is 5. The van der Waals surface area contributed by atoms with Crippen LogP contribution in [0.15, 0.2) is 71.6 Å². The summed E-state index contributed by atoms with van der Waals surface area (Å²) in [5, 5.41) is 0. The number of anilines is 1. The number of nitrogens with one attached hydrogen (secondary N) is 1. The van der Waals surface area contributed by atoms with Gasteiger partial charge < -0.3 is 4.74 Å². The molecule has 154 valence electrons. The molecule has 2 fully saturated rings. The van der Waals surface area contributed by atoms with Gasteiger partial charge in [-0.15, -0.1) is 0 Å². The van der Waals surface area contributed by atoms with E-state index in [2.05, 4.69) is 4.72 Å². The number of amides is 2. The smallest absolute Gasteiger partial charge is 0.241 e. The first-order valence-corrected chi connectivity index (χ1v) is 11.2. The second-order valence-corrected chi connectivity index (χ2v) is 9.65. The van der Waals surface area contributed by atoms with Crippen LogP contribution in [0.4, 0.5) is 5.69 Å². The standard InChI is InChI=1S/C22H20N2O5S/c1-14-7-9-16(10-8-14)30(27,28)23-13-22-12-11-17(29-22)18-19(22)21(26)24(20(18)25)15-5-3-2-4-6-15/h2-12,17-19,23H,13H2,1H3/t17-,18+,19-,22-/m1/s1. The molecule has 5 rings (SSSR count). The maximum Gasteiger partial charge on any atom is 0.241 e. The fourth-order valence-corrected chi connectivity index (χ4v) is 5.62. The number of imide groups is 1. The molecule has 2 amide bonds. The Morgan fingerprint density at radius 3 is 2.43 bits per heavy atom. The molecular formula is C22H20N2O5S. The molecule has 2 bridgehead atoms. The summed E-state index contributed by atoms with van der Waals surface area (Å²) < 4.78 is 34.1. The van der Waals surface area contributed by atoms with Gasteiger partial charge in [-0.25, -0.2) is 18.0 Å². The fourth-order valence-electron chi connectivity index (χ4n) is 4.55. The zero-order valence-electron chi connectivity index (χ0n) is 16.2. The molecular weight excluding hydrogens is 404 g/mol. The van der Waals surface area contributed by atoms with Crippen molar-refractivity contribution in [3.8, 4) is 0 Å². The van der Waals surface area contributed by atoms with Gasteiger partial charge in [0, 0.05) is 6.54 Å². The molecule has 1 N–H and O–H groups in total. The molecule has 8 heteroatoms. The lowest BCUT2D eigenvalue weighted by molar-refractivity contribution is -0.126. The number of carbonyl (C=O) groups excluding carboxylic acids is 2. The third-order valence-electron chi connectivity index (χ3n) is 6.04. The molecule has 2 aromatic rings. The van der Waals surface area contributed by atoms with Crippen molar-refractivity contribution in [2.24, 2.45) is 11.8 Å². The second kappa shape index (κ2) is 6.60.